The topological polar surface area (TPSA) is 42.0 Å². The van der Waals surface area contributed by atoms with Crippen molar-refractivity contribution in [1.82, 2.24) is 10.3 Å². The summed E-state index contributed by atoms with van der Waals surface area (Å²) in [6.07, 6.45) is 5.39. The maximum absolute atomic E-state index is 11.6. The summed E-state index contributed by atoms with van der Waals surface area (Å²) in [4.78, 5) is 15.5. The average Bonchev–Trinajstić information content (AvgIpc) is 2.24. The van der Waals surface area contributed by atoms with Crippen LogP contribution in [0.3, 0.4) is 0 Å². The first-order valence-electron chi connectivity index (χ1n) is 5.67. The first-order valence-corrected chi connectivity index (χ1v) is 5.67. The zero-order valence-corrected chi connectivity index (χ0v) is 10.3. The van der Waals surface area contributed by atoms with E-state index in [1.54, 1.807) is 24.5 Å². The minimum absolute atomic E-state index is 0.0173. The summed E-state index contributed by atoms with van der Waals surface area (Å²) < 4.78 is 0. The molecule has 0 saturated carbocycles. The van der Waals surface area contributed by atoms with Gasteiger partial charge >= 0.3 is 0 Å². The second-order valence-electron chi connectivity index (χ2n) is 5.16. The molecule has 0 bridgehead atoms. The highest BCUT2D eigenvalue weighted by Crippen LogP contribution is 2.19. The van der Waals surface area contributed by atoms with Gasteiger partial charge in [-0.3, -0.25) is 9.78 Å². The lowest BCUT2D eigenvalue weighted by molar-refractivity contribution is 0.0951. The molecule has 1 amide bonds. The second-order valence-corrected chi connectivity index (χ2v) is 5.16. The fraction of sp³-hybridized carbons (Fsp3) is 0.538. The Bertz CT molecular complexity index is 328. The van der Waals surface area contributed by atoms with Crippen LogP contribution in [0.2, 0.25) is 0 Å². The first-order chi connectivity index (χ1) is 7.49. The number of carbonyl (C=O) groups is 1. The lowest BCUT2D eigenvalue weighted by Crippen LogP contribution is -2.25. The number of hydrogen-bond donors (Lipinski definition) is 1. The van der Waals surface area contributed by atoms with Gasteiger partial charge in [0.15, 0.2) is 0 Å². The van der Waals surface area contributed by atoms with E-state index in [1.807, 2.05) is 0 Å². The van der Waals surface area contributed by atoms with Crippen LogP contribution in [0, 0.1) is 5.41 Å². The predicted molar refractivity (Wildman–Crippen MR) is 65.3 cm³/mol. The number of aromatic nitrogens is 1. The fourth-order valence-corrected chi connectivity index (χ4v) is 1.43. The summed E-state index contributed by atoms with van der Waals surface area (Å²) in [5.74, 6) is -0.0173. The Kier molecular flexibility index (Phi) is 4.47. The van der Waals surface area contributed by atoms with Gasteiger partial charge in [0.25, 0.3) is 5.91 Å². The van der Waals surface area contributed by atoms with Gasteiger partial charge in [-0.1, -0.05) is 20.8 Å². The number of nitrogens with zero attached hydrogens (tertiary/aromatic N) is 1. The smallest absolute Gasteiger partial charge is 0.251 e. The molecule has 1 heterocycles. The normalized spacial score (nSPS) is 11.2. The molecule has 1 rings (SSSR count). The van der Waals surface area contributed by atoms with Gasteiger partial charge in [0.05, 0.1) is 0 Å². The third-order valence-corrected chi connectivity index (χ3v) is 2.33. The van der Waals surface area contributed by atoms with Gasteiger partial charge in [0, 0.05) is 24.5 Å². The number of carbonyl (C=O) groups excluding carboxylic acids is 1. The van der Waals surface area contributed by atoms with E-state index in [0.29, 0.717) is 11.0 Å². The third-order valence-electron chi connectivity index (χ3n) is 2.33. The summed E-state index contributed by atoms with van der Waals surface area (Å²) in [5, 5.41) is 2.90. The number of rotatable bonds is 4. The van der Waals surface area contributed by atoms with Crippen LogP contribution in [-0.4, -0.2) is 17.4 Å². The first kappa shape index (κ1) is 12.7. The van der Waals surface area contributed by atoms with Gasteiger partial charge in [0.2, 0.25) is 0 Å². The van der Waals surface area contributed by atoms with Crippen molar-refractivity contribution in [3.05, 3.63) is 30.1 Å². The number of hydrogen-bond acceptors (Lipinski definition) is 2. The van der Waals surface area contributed by atoms with Crippen LogP contribution >= 0.6 is 0 Å². The molecule has 3 nitrogen and oxygen atoms in total. The quantitative estimate of drug-likeness (QED) is 0.793. The van der Waals surface area contributed by atoms with Crippen molar-refractivity contribution in [2.75, 3.05) is 6.54 Å². The van der Waals surface area contributed by atoms with Gasteiger partial charge in [0.1, 0.15) is 0 Å². The van der Waals surface area contributed by atoms with Crippen molar-refractivity contribution in [2.45, 2.75) is 33.6 Å². The zero-order chi connectivity index (χ0) is 12.0. The highest BCUT2D eigenvalue weighted by molar-refractivity contribution is 5.93. The fourth-order valence-electron chi connectivity index (χ4n) is 1.43. The lowest BCUT2D eigenvalue weighted by Gasteiger charge is -2.17. The molecule has 0 fully saturated rings. The van der Waals surface area contributed by atoms with E-state index in [9.17, 15) is 4.79 Å². The van der Waals surface area contributed by atoms with Gasteiger partial charge in [-0.05, 0) is 30.4 Å². The van der Waals surface area contributed by atoms with Crippen molar-refractivity contribution in [3.63, 3.8) is 0 Å². The van der Waals surface area contributed by atoms with Crippen molar-refractivity contribution in [3.8, 4) is 0 Å². The average molecular weight is 220 g/mol. The molecule has 1 N–H and O–H groups in total. The number of nitrogens with one attached hydrogen (secondary N) is 1. The Morgan fingerprint density at radius 2 is 1.94 bits per heavy atom. The van der Waals surface area contributed by atoms with Crippen LogP contribution in [-0.2, 0) is 0 Å². The van der Waals surface area contributed by atoms with Crippen LogP contribution in [0.1, 0.15) is 44.0 Å². The molecule has 0 saturated heterocycles. The Morgan fingerprint density at radius 3 is 2.50 bits per heavy atom. The predicted octanol–water partition coefficient (Wildman–Crippen LogP) is 2.64. The van der Waals surface area contributed by atoms with E-state index >= 15 is 0 Å². The van der Waals surface area contributed by atoms with Gasteiger partial charge in [-0.15, -0.1) is 0 Å². The van der Waals surface area contributed by atoms with Gasteiger partial charge < -0.3 is 5.32 Å². The van der Waals surface area contributed by atoms with Crippen molar-refractivity contribution >= 4 is 5.91 Å². The molecule has 0 unspecified atom stereocenters. The van der Waals surface area contributed by atoms with Crippen molar-refractivity contribution in [2.24, 2.45) is 5.41 Å². The second kappa shape index (κ2) is 5.64. The zero-order valence-electron chi connectivity index (χ0n) is 10.3. The van der Waals surface area contributed by atoms with Crippen LogP contribution in [0.25, 0.3) is 0 Å². The maximum atomic E-state index is 11.6. The third kappa shape index (κ3) is 4.91. The minimum Gasteiger partial charge on any atom is -0.352 e. The van der Waals surface area contributed by atoms with Crippen molar-refractivity contribution < 1.29 is 4.79 Å². The van der Waals surface area contributed by atoms with Crippen LogP contribution in [0.4, 0.5) is 0 Å². The SMILES string of the molecule is CC(C)(C)CCCNC(=O)c1ccncc1. The van der Waals surface area contributed by atoms with Crippen LogP contribution in [0.15, 0.2) is 24.5 Å². The number of amides is 1. The maximum Gasteiger partial charge on any atom is 0.251 e. The number of pyridine rings is 1. The summed E-state index contributed by atoms with van der Waals surface area (Å²) in [6.45, 7) is 7.35. The molecule has 0 aromatic carbocycles. The molecule has 16 heavy (non-hydrogen) atoms. The molecular weight excluding hydrogens is 200 g/mol. The molecule has 0 aliphatic rings. The molecule has 88 valence electrons. The largest absolute Gasteiger partial charge is 0.352 e. The lowest BCUT2D eigenvalue weighted by atomic mass is 9.91. The van der Waals surface area contributed by atoms with E-state index in [0.717, 1.165) is 19.4 Å². The summed E-state index contributed by atoms with van der Waals surface area (Å²) in [7, 11) is 0. The Hall–Kier alpha value is -1.38. The van der Waals surface area contributed by atoms with Crippen molar-refractivity contribution in [1.29, 1.82) is 0 Å². The van der Waals surface area contributed by atoms with Crippen LogP contribution in [0.5, 0.6) is 0 Å². The highest BCUT2D eigenvalue weighted by Gasteiger charge is 2.09. The standard InChI is InChI=1S/C13H20N2O/c1-13(2,3)7-4-8-15-12(16)11-5-9-14-10-6-11/h5-6,9-10H,4,7-8H2,1-3H3,(H,15,16). The van der Waals surface area contributed by atoms with E-state index in [1.165, 1.54) is 0 Å². The molecule has 1 aromatic rings. The molecule has 0 radical (unpaired) electrons. The van der Waals surface area contributed by atoms with Gasteiger partial charge in [-0.25, -0.2) is 0 Å². The molecule has 0 atom stereocenters. The summed E-state index contributed by atoms with van der Waals surface area (Å²) in [5.41, 5.74) is 1.01. The Morgan fingerprint density at radius 1 is 1.31 bits per heavy atom. The monoisotopic (exact) mass is 220 g/mol. The highest BCUT2D eigenvalue weighted by atomic mass is 16.1. The van der Waals surface area contributed by atoms with E-state index in [2.05, 4.69) is 31.1 Å². The molecular formula is C13H20N2O. The molecule has 0 aliphatic carbocycles. The molecule has 3 heteroatoms. The van der Waals surface area contributed by atoms with E-state index in [-0.39, 0.29) is 5.91 Å². The van der Waals surface area contributed by atoms with E-state index < -0.39 is 0 Å². The minimum atomic E-state index is -0.0173. The molecule has 0 aliphatic heterocycles. The Labute approximate surface area is 97.3 Å². The molecule has 0 spiro atoms. The summed E-state index contributed by atoms with van der Waals surface area (Å²) in [6, 6.07) is 3.44. The van der Waals surface area contributed by atoms with E-state index in [4.69, 9.17) is 0 Å². The molecule has 1 aromatic heterocycles. The Balaban J connectivity index is 2.27. The summed E-state index contributed by atoms with van der Waals surface area (Å²) >= 11 is 0. The van der Waals surface area contributed by atoms with Gasteiger partial charge in [-0.2, -0.15) is 0 Å². The van der Waals surface area contributed by atoms with Crippen LogP contribution < -0.4 is 5.32 Å².